The van der Waals surface area contributed by atoms with Gasteiger partial charge in [-0.05, 0) is 110 Å². The Morgan fingerprint density at radius 1 is 0.905 bits per heavy atom. The molecule has 0 aliphatic carbocycles. The average Bonchev–Trinajstić information content (AvgIpc) is 4.12. The Morgan fingerprint density at radius 3 is 2.43 bits per heavy atom. The van der Waals surface area contributed by atoms with Crippen molar-refractivity contribution in [1.29, 1.82) is 0 Å². The molecule has 5 N–H and O–H groups in total. The van der Waals surface area contributed by atoms with Gasteiger partial charge in [-0.15, -0.1) is 0 Å². The molecule has 63 heavy (non-hydrogen) atoms. The summed E-state index contributed by atoms with van der Waals surface area (Å²) in [6.07, 6.45) is 5.06. The summed E-state index contributed by atoms with van der Waals surface area (Å²) in [7, 11) is 1.29. The number of hydrogen-bond donors (Lipinski definition) is 5. The number of nitrogens with one attached hydrogen (secondary N) is 4. The van der Waals surface area contributed by atoms with Crippen molar-refractivity contribution in [1.82, 2.24) is 40.4 Å². The van der Waals surface area contributed by atoms with Gasteiger partial charge in [-0.2, -0.15) is 0 Å². The van der Waals surface area contributed by atoms with E-state index in [9.17, 15) is 24.3 Å². The first kappa shape index (κ1) is 42.2. The van der Waals surface area contributed by atoms with Crippen LogP contribution in [0.25, 0.3) is 44.2 Å². The number of imidazole rings is 2. The van der Waals surface area contributed by atoms with Crippen LogP contribution < -0.4 is 15.4 Å². The monoisotopic (exact) mass is 860 g/mol. The van der Waals surface area contributed by atoms with Crippen LogP contribution in [0.5, 0.6) is 5.75 Å². The first-order chi connectivity index (χ1) is 30.4. The minimum absolute atomic E-state index is 0.0214. The van der Waals surface area contributed by atoms with E-state index in [4.69, 9.17) is 24.2 Å². The average molecular weight is 861 g/mol. The Morgan fingerprint density at radius 2 is 1.68 bits per heavy atom. The fourth-order valence-corrected chi connectivity index (χ4v) is 10.4. The second kappa shape index (κ2) is 17.2. The smallest absolute Gasteiger partial charge is 0.407 e. The number of methoxy groups -OCH3 is 1. The number of carbonyl (C=O) groups excluding carboxylic acids is 3. The lowest BCUT2D eigenvalue weighted by molar-refractivity contribution is -0.139. The number of rotatable bonds is 10. The van der Waals surface area contributed by atoms with Crippen LogP contribution in [-0.4, -0.2) is 103 Å². The van der Waals surface area contributed by atoms with Crippen molar-refractivity contribution in [3.8, 4) is 28.1 Å². The van der Waals surface area contributed by atoms with Crippen molar-refractivity contribution >= 4 is 45.8 Å². The molecule has 3 aromatic carbocycles. The molecule has 0 radical (unpaired) electrons. The number of alkyl carbamates (subject to hydrolysis) is 1. The highest BCUT2D eigenvalue weighted by Gasteiger charge is 2.44. The molecule has 5 aromatic rings. The van der Waals surface area contributed by atoms with E-state index < -0.39 is 24.3 Å². The highest BCUT2D eigenvalue weighted by molar-refractivity contribution is 6.07. The SMILES string of the molecule is CC[C@H]1CC[C@@H](c2nc3c(ccc4cc5c(cc43)OCc3cc(-c4cnc([C@@H]6CC[C@H](C)N6C(=O)C(NC(=O)OC)C(C)C)[nH]4)ccc3-5)[nH]2)N1C(=O)C(NC(=O)O)C1CCOCC1. The van der Waals surface area contributed by atoms with Gasteiger partial charge in [-0.25, -0.2) is 19.6 Å². The number of hydrogen-bond acceptors (Lipinski definition) is 9. The van der Waals surface area contributed by atoms with E-state index in [0.717, 1.165) is 87.6 Å². The molecule has 4 aliphatic rings. The fourth-order valence-electron chi connectivity index (χ4n) is 10.4. The molecule has 3 fully saturated rings. The number of fused-ring (bicyclic) bond motifs is 6. The summed E-state index contributed by atoms with van der Waals surface area (Å²) < 4.78 is 16.8. The van der Waals surface area contributed by atoms with Gasteiger partial charge in [0.15, 0.2) is 0 Å². The third-order valence-corrected chi connectivity index (χ3v) is 13.7. The molecule has 2 unspecified atom stereocenters. The van der Waals surface area contributed by atoms with E-state index >= 15 is 0 Å². The van der Waals surface area contributed by atoms with E-state index in [1.54, 1.807) is 0 Å². The summed E-state index contributed by atoms with van der Waals surface area (Å²) in [5.74, 6) is 1.53. The highest BCUT2D eigenvalue weighted by Crippen LogP contribution is 2.44. The number of aromatic nitrogens is 4. The van der Waals surface area contributed by atoms with Crippen molar-refractivity contribution in [2.24, 2.45) is 11.8 Å². The van der Waals surface area contributed by atoms with Crippen molar-refractivity contribution < 1.29 is 38.5 Å². The number of benzene rings is 3. The van der Waals surface area contributed by atoms with Gasteiger partial charge >= 0.3 is 12.2 Å². The molecule has 0 bridgehead atoms. The quantitative estimate of drug-likeness (QED) is 0.0930. The van der Waals surface area contributed by atoms with Crippen LogP contribution in [0, 0.1) is 11.8 Å². The molecule has 332 valence electrons. The Hall–Kier alpha value is -6.16. The molecule has 16 heteroatoms. The molecule has 9 rings (SSSR count). The van der Waals surface area contributed by atoms with E-state index in [1.165, 1.54) is 7.11 Å². The lowest BCUT2D eigenvalue weighted by Gasteiger charge is -2.36. The number of H-pyrrole nitrogens is 2. The second-order valence-corrected chi connectivity index (χ2v) is 17.8. The van der Waals surface area contributed by atoms with Crippen LogP contribution in [-0.2, 0) is 25.7 Å². The number of ether oxygens (including phenoxy) is 3. The summed E-state index contributed by atoms with van der Waals surface area (Å²) in [6, 6.07) is 12.4. The molecule has 6 atom stereocenters. The van der Waals surface area contributed by atoms with Gasteiger partial charge in [-0.1, -0.05) is 39.0 Å². The van der Waals surface area contributed by atoms with Crippen molar-refractivity contribution in [2.45, 2.75) is 115 Å². The first-order valence-electron chi connectivity index (χ1n) is 22.3. The topological polar surface area (TPSA) is 204 Å². The van der Waals surface area contributed by atoms with E-state index in [-0.39, 0.29) is 47.8 Å². The predicted molar refractivity (Wildman–Crippen MR) is 235 cm³/mol. The van der Waals surface area contributed by atoms with Gasteiger partial charge in [-0.3, -0.25) is 9.59 Å². The lowest BCUT2D eigenvalue weighted by Crippen LogP contribution is -2.54. The van der Waals surface area contributed by atoms with E-state index in [2.05, 4.69) is 63.9 Å². The Bertz CT molecular complexity index is 2560. The molecule has 0 saturated carbocycles. The Labute approximate surface area is 365 Å². The van der Waals surface area contributed by atoms with Crippen molar-refractivity contribution in [3.05, 3.63) is 65.9 Å². The second-order valence-electron chi connectivity index (χ2n) is 17.8. The third kappa shape index (κ3) is 7.82. The van der Waals surface area contributed by atoms with Crippen molar-refractivity contribution in [3.63, 3.8) is 0 Å². The van der Waals surface area contributed by atoms with E-state index in [1.807, 2.05) is 42.8 Å². The van der Waals surface area contributed by atoms with Crippen LogP contribution >= 0.6 is 0 Å². The van der Waals surface area contributed by atoms with Gasteiger partial charge < -0.3 is 49.7 Å². The van der Waals surface area contributed by atoms with Gasteiger partial charge in [0, 0.05) is 36.2 Å². The van der Waals surface area contributed by atoms with Gasteiger partial charge in [0.05, 0.1) is 42.1 Å². The molecule has 3 saturated heterocycles. The molecule has 4 amide bonds. The van der Waals surface area contributed by atoms with E-state index in [0.29, 0.717) is 44.3 Å². The summed E-state index contributed by atoms with van der Waals surface area (Å²) in [6.45, 7) is 9.28. The first-order valence-corrected chi connectivity index (χ1v) is 22.3. The molecular formula is C47H56N8O8. The zero-order valence-electron chi connectivity index (χ0n) is 36.4. The number of amides is 4. The summed E-state index contributed by atoms with van der Waals surface area (Å²) in [4.78, 5) is 73.0. The normalized spacial score (nSPS) is 22.1. The molecule has 6 heterocycles. The van der Waals surface area contributed by atoms with Crippen LogP contribution in [0.15, 0.2) is 48.7 Å². The maximum absolute atomic E-state index is 14.4. The largest absolute Gasteiger partial charge is 0.488 e. The standard InChI is InChI=1S/C47H56N8O8/c1-6-30-10-14-37(55(30)45(57)40(52-46(58)59)26-15-17-62-18-16-26)43-49-34-12-9-27-20-33-31-11-8-28(19-29(31)23-63-38(33)21-32(27)41(34)51-43)35-22-48-42(50-35)36-13-7-25(4)54(36)44(56)39(24(2)3)53-47(60)61-5/h8-9,11-12,19-22,24-26,30,36-37,39-40,52H,6-7,10,13-18,23H2,1-5H3,(H,48,50)(H,49,51)(H,53,60)(H,58,59)/t25-,30-,36-,37-,39?,40?/m0/s1. The number of aromatic amines is 2. The summed E-state index contributed by atoms with van der Waals surface area (Å²) >= 11 is 0. The maximum Gasteiger partial charge on any atom is 0.407 e. The fraction of sp³-hybridized carbons (Fsp3) is 0.489. The third-order valence-electron chi connectivity index (χ3n) is 13.7. The van der Waals surface area contributed by atoms with Crippen LogP contribution in [0.2, 0.25) is 0 Å². The Kier molecular flexibility index (Phi) is 11.5. The number of likely N-dealkylation sites (tertiary alicyclic amines) is 2. The molecular weight excluding hydrogens is 805 g/mol. The van der Waals surface area contributed by atoms with Crippen LogP contribution in [0.4, 0.5) is 9.59 Å². The zero-order chi connectivity index (χ0) is 44.1. The number of nitrogens with zero attached hydrogens (tertiary/aromatic N) is 4. The summed E-state index contributed by atoms with van der Waals surface area (Å²) in [5.41, 5.74) is 6.51. The minimum atomic E-state index is -1.20. The van der Waals surface area contributed by atoms with Gasteiger partial charge in [0.1, 0.15) is 36.1 Å². The number of carbonyl (C=O) groups is 4. The van der Waals surface area contributed by atoms with Crippen LogP contribution in [0.1, 0.15) is 102 Å². The molecule has 16 nitrogen and oxygen atoms in total. The van der Waals surface area contributed by atoms with Crippen LogP contribution in [0.3, 0.4) is 0 Å². The maximum atomic E-state index is 14.4. The minimum Gasteiger partial charge on any atom is -0.488 e. The number of carboxylic acid groups (broad SMARTS) is 1. The van der Waals surface area contributed by atoms with Crippen molar-refractivity contribution in [2.75, 3.05) is 20.3 Å². The predicted octanol–water partition coefficient (Wildman–Crippen LogP) is 7.60. The molecule has 2 aromatic heterocycles. The zero-order valence-corrected chi connectivity index (χ0v) is 36.4. The van der Waals surface area contributed by atoms with Gasteiger partial charge in [0.2, 0.25) is 11.8 Å². The lowest BCUT2D eigenvalue weighted by atomic mass is 9.90. The molecule has 4 aliphatic heterocycles. The highest BCUT2D eigenvalue weighted by atomic mass is 16.5. The summed E-state index contributed by atoms with van der Waals surface area (Å²) in [5, 5.41) is 17.0. The van der Waals surface area contributed by atoms with Gasteiger partial charge in [0.25, 0.3) is 0 Å². The Balaban J connectivity index is 0.971. The molecule has 0 spiro atoms.